The van der Waals surface area contributed by atoms with Crippen LogP contribution in [0.25, 0.3) is 0 Å². The van der Waals surface area contributed by atoms with Crippen LogP contribution in [0.2, 0.25) is 0 Å². The molecule has 0 amide bonds. The van der Waals surface area contributed by atoms with Crippen molar-refractivity contribution in [1.82, 2.24) is 4.98 Å². The van der Waals surface area contributed by atoms with Gasteiger partial charge in [0.05, 0.1) is 12.3 Å². The van der Waals surface area contributed by atoms with Gasteiger partial charge in [-0.25, -0.2) is 0 Å². The van der Waals surface area contributed by atoms with Crippen LogP contribution in [0, 0.1) is 6.92 Å². The molecule has 4 nitrogen and oxygen atoms in total. The van der Waals surface area contributed by atoms with Crippen LogP contribution in [0.4, 0.5) is 0 Å². The Morgan fingerprint density at radius 2 is 2.23 bits per heavy atom. The van der Waals surface area contributed by atoms with Gasteiger partial charge in [0, 0.05) is 23.4 Å². The molecule has 0 unspecified atom stereocenters. The fourth-order valence-corrected chi connectivity index (χ4v) is 1.29. The molecule has 1 heterocycles. The van der Waals surface area contributed by atoms with Gasteiger partial charge in [-0.15, -0.1) is 0 Å². The number of aliphatic hydroxyl groups is 1. The molecule has 4 N–H and O–H groups in total. The number of aromatic nitrogens is 1. The van der Waals surface area contributed by atoms with E-state index in [1.807, 2.05) is 0 Å². The highest BCUT2D eigenvalue weighted by Gasteiger charge is 2.14. The molecule has 0 aliphatic heterocycles. The van der Waals surface area contributed by atoms with Crippen LogP contribution >= 0.6 is 0 Å². The Labute approximate surface area is 77.0 Å². The molecule has 1 aromatic rings. The summed E-state index contributed by atoms with van der Waals surface area (Å²) in [6.07, 6.45) is 1.54. The van der Waals surface area contributed by atoms with Crippen LogP contribution in [0.5, 0.6) is 5.75 Å². The van der Waals surface area contributed by atoms with Gasteiger partial charge in [0.1, 0.15) is 5.75 Å². The lowest BCUT2D eigenvalue weighted by Crippen LogP contribution is -2.10. The Morgan fingerprint density at radius 1 is 1.62 bits per heavy atom. The van der Waals surface area contributed by atoms with Crippen molar-refractivity contribution in [3.05, 3.63) is 23.0 Å². The predicted molar refractivity (Wildman–Crippen MR) is 49.2 cm³/mol. The van der Waals surface area contributed by atoms with Crippen molar-refractivity contribution in [2.75, 3.05) is 0 Å². The Bertz CT molecular complexity index is 311. The molecule has 13 heavy (non-hydrogen) atoms. The summed E-state index contributed by atoms with van der Waals surface area (Å²) in [5.74, 6) is 0.0848. The summed E-state index contributed by atoms with van der Waals surface area (Å²) in [6.45, 7) is 3.30. The molecule has 0 saturated heterocycles. The molecule has 0 aromatic carbocycles. The number of aliphatic hydroxyl groups excluding tert-OH is 1. The minimum Gasteiger partial charge on any atom is -0.506 e. The number of nitrogens with zero attached hydrogens (tertiary/aromatic N) is 1. The van der Waals surface area contributed by atoms with Crippen LogP contribution in [0.1, 0.15) is 29.8 Å². The lowest BCUT2D eigenvalue weighted by Gasteiger charge is -2.13. The first-order chi connectivity index (χ1) is 6.07. The lowest BCUT2D eigenvalue weighted by atomic mass is 10.0. The molecule has 0 bridgehead atoms. The molecule has 72 valence electrons. The zero-order valence-corrected chi connectivity index (χ0v) is 7.78. The first-order valence-corrected chi connectivity index (χ1v) is 4.11. The van der Waals surface area contributed by atoms with E-state index in [4.69, 9.17) is 10.8 Å². The van der Waals surface area contributed by atoms with Crippen molar-refractivity contribution >= 4 is 0 Å². The Balaban J connectivity index is 3.32. The topological polar surface area (TPSA) is 79.4 Å². The Morgan fingerprint density at radius 3 is 2.69 bits per heavy atom. The third-order valence-electron chi connectivity index (χ3n) is 1.98. The predicted octanol–water partition coefficient (Wildman–Crippen LogP) is 0.608. The molecule has 1 rings (SSSR count). The number of aryl methyl sites for hydroxylation is 1. The zero-order valence-electron chi connectivity index (χ0n) is 7.78. The third-order valence-corrected chi connectivity index (χ3v) is 1.98. The maximum absolute atomic E-state index is 9.63. The van der Waals surface area contributed by atoms with Crippen molar-refractivity contribution in [2.24, 2.45) is 5.73 Å². The van der Waals surface area contributed by atoms with Gasteiger partial charge in [0.2, 0.25) is 0 Å². The second kappa shape index (κ2) is 3.72. The Hall–Kier alpha value is -1.13. The molecule has 0 aliphatic rings. The van der Waals surface area contributed by atoms with Crippen LogP contribution in [0.3, 0.4) is 0 Å². The molecule has 0 saturated carbocycles. The van der Waals surface area contributed by atoms with E-state index in [0.717, 1.165) is 0 Å². The molecule has 0 spiro atoms. The van der Waals surface area contributed by atoms with E-state index in [2.05, 4.69) is 4.98 Å². The van der Waals surface area contributed by atoms with Crippen molar-refractivity contribution < 1.29 is 10.2 Å². The van der Waals surface area contributed by atoms with Crippen molar-refractivity contribution in [2.45, 2.75) is 26.5 Å². The van der Waals surface area contributed by atoms with Gasteiger partial charge in [-0.2, -0.15) is 0 Å². The molecule has 0 radical (unpaired) electrons. The van der Waals surface area contributed by atoms with E-state index in [1.165, 1.54) is 6.20 Å². The van der Waals surface area contributed by atoms with Gasteiger partial charge >= 0.3 is 0 Å². The maximum atomic E-state index is 9.63. The SMILES string of the molecule is Cc1ncc(CO)c([C@H](C)N)c1O. The minimum absolute atomic E-state index is 0.0848. The van der Waals surface area contributed by atoms with Crippen molar-refractivity contribution in [3.63, 3.8) is 0 Å². The highest BCUT2D eigenvalue weighted by Crippen LogP contribution is 2.28. The summed E-state index contributed by atoms with van der Waals surface area (Å²) in [7, 11) is 0. The highest BCUT2D eigenvalue weighted by atomic mass is 16.3. The van der Waals surface area contributed by atoms with E-state index < -0.39 is 0 Å². The number of rotatable bonds is 2. The first kappa shape index (κ1) is 9.95. The van der Waals surface area contributed by atoms with Gasteiger partial charge in [-0.1, -0.05) is 0 Å². The fourth-order valence-electron chi connectivity index (χ4n) is 1.29. The molecular weight excluding hydrogens is 168 g/mol. The second-order valence-corrected chi connectivity index (χ2v) is 3.08. The Kier molecular flexibility index (Phi) is 2.85. The van der Waals surface area contributed by atoms with Crippen LogP contribution < -0.4 is 5.73 Å². The van der Waals surface area contributed by atoms with E-state index in [1.54, 1.807) is 13.8 Å². The average Bonchev–Trinajstić information content (AvgIpc) is 2.08. The normalized spacial score (nSPS) is 12.9. The number of nitrogens with two attached hydrogens (primary N) is 1. The maximum Gasteiger partial charge on any atom is 0.141 e. The molecule has 4 heteroatoms. The van der Waals surface area contributed by atoms with E-state index in [-0.39, 0.29) is 18.4 Å². The molecule has 0 fully saturated rings. The van der Waals surface area contributed by atoms with Gasteiger partial charge < -0.3 is 15.9 Å². The van der Waals surface area contributed by atoms with Gasteiger partial charge in [0.25, 0.3) is 0 Å². The minimum atomic E-state index is -0.302. The third kappa shape index (κ3) is 1.79. The number of hydrogen-bond donors (Lipinski definition) is 3. The van der Waals surface area contributed by atoms with Crippen molar-refractivity contribution in [3.8, 4) is 5.75 Å². The van der Waals surface area contributed by atoms with Gasteiger partial charge in [-0.05, 0) is 13.8 Å². The standard InChI is InChI=1S/C9H14N2O2/c1-5(10)8-7(4-12)3-11-6(2)9(8)13/h3,5,12-13H,4,10H2,1-2H3/t5-/m0/s1. The van der Waals surface area contributed by atoms with Crippen LogP contribution in [-0.4, -0.2) is 15.2 Å². The summed E-state index contributed by atoms with van der Waals surface area (Å²) in [5.41, 5.74) is 7.35. The summed E-state index contributed by atoms with van der Waals surface area (Å²) in [6, 6.07) is -0.302. The largest absolute Gasteiger partial charge is 0.506 e. The quantitative estimate of drug-likeness (QED) is 0.626. The monoisotopic (exact) mass is 182 g/mol. The van der Waals surface area contributed by atoms with E-state index in [9.17, 15) is 5.11 Å². The average molecular weight is 182 g/mol. The lowest BCUT2D eigenvalue weighted by molar-refractivity contribution is 0.278. The van der Waals surface area contributed by atoms with E-state index in [0.29, 0.717) is 16.8 Å². The second-order valence-electron chi connectivity index (χ2n) is 3.08. The molecular formula is C9H14N2O2. The molecule has 1 atom stereocenters. The van der Waals surface area contributed by atoms with Crippen LogP contribution in [-0.2, 0) is 6.61 Å². The van der Waals surface area contributed by atoms with Crippen LogP contribution in [0.15, 0.2) is 6.20 Å². The van der Waals surface area contributed by atoms with E-state index >= 15 is 0 Å². The highest BCUT2D eigenvalue weighted by molar-refractivity contribution is 5.42. The zero-order chi connectivity index (χ0) is 10.0. The first-order valence-electron chi connectivity index (χ1n) is 4.11. The fraction of sp³-hybridized carbons (Fsp3) is 0.444. The number of hydrogen-bond acceptors (Lipinski definition) is 4. The summed E-state index contributed by atoms with van der Waals surface area (Å²) < 4.78 is 0. The summed E-state index contributed by atoms with van der Waals surface area (Å²) in [5, 5.41) is 18.6. The summed E-state index contributed by atoms with van der Waals surface area (Å²) in [4.78, 5) is 3.93. The smallest absolute Gasteiger partial charge is 0.141 e. The van der Waals surface area contributed by atoms with Crippen molar-refractivity contribution in [1.29, 1.82) is 0 Å². The van der Waals surface area contributed by atoms with Gasteiger partial charge in [0.15, 0.2) is 0 Å². The van der Waals surface area contributed by atoms with Gasteiger partial charge in [-0.3, -0.25) is 4.98 Å². The molecule has 1 aromatic heterocycles. The number of aromatic hydroxyl groups is 1. The summed E-state index contributed by atoms with van der Waals surface area (Å²) >= 11 is 0. The number of pyridine rings is 1. The molecule has 0 aliphatic carbocycles.